The van der Waals surface area contributed by atoms with Crippen LogP contribution in [0, 0.1) is 5.82 Å². The monoisotopic (exact) mass is 681 g/mol. The Balaban J connectivity index is 1.90. The van der Waals surface area contributed by atoms with Crippen molar-refractivity contribution in [2.75, 3.05) is 30.4 Å². The average Bonchev–Trinajstić information content (AvgIpc) is 3.06. The number of aliphatic hydroxyl groups is 1. The van der Waals surface area contributed by atoms with E-state index in [-0.39, 0.29) is 24.3 Å². The van der Waals surface area contributed by atoms with Gasteiger partial charge >= 0.3 is 0 Å². The van der Waals surface area contributed by atoms with Crippen LogP contribution in [-0.4, -0.2) is 69.6 Å². The number of allylic oxidation sites excluding steroid dienone is 2. The maximum Gasteiger partial charge on any atom is 0.253 e. The molecule has 3 aromatic rings. The molecule has 3 aromatic carbocycles. The fourth-order valence-electron chi connectivity index (χ4n) is 4.80. The van der Waals surface area contributed by atoms with Gasteiger partial charge in [-0.1, -0.05) is 24.3 Å². The second-order valence-corrected chi connectivity index (χ2v) is 14.0. The third-order valence-corrected chi connectivity index (χ3v) is 9.76. The van der Waals surface area contributed by atoms with E-state index in [0.29, 0.717) is 29.8 Å². The van der Waals surface area contributed by atoms with Crippen LogP contribution in [0.1, 0.15) is 41.8 Å². The number of ether oxygens (including phenoxy) is 2. The van der Waals surface area contributed by atoms with E-state index in [1.807, 2.05) is 18.2 Å². The zero-order chi connectivity index (χ0) is 35.4. The molecule has 0 heterocycles. The smallest absolute Gasteiger partial charge is 0.253 e. The standard InChI is InChI=1S/C36H44FN3O7S/c1-7-10-25-12-9-13-31(20-25)47-23-32(33(41)22-34(46-6)36(43)38-29-16-14-28(37)15-17-29)39-35(42)27-18-26(11-8-2)19-30(21-27)40(5)48(44,45)24(3)4/h7-9,12-21,24,32-34,41H,1-2,10-11,22-23H2,3-6H3,(H,38,43)(H,39,42)/t32-,33-,34+/m0/s1. The lowest BCUT2D eigenvalue weighted by molar-refractivity contribution is -0.127. The van der Waals surface area contributed by atoms with E-state index in [1.54, 1.807) is 44.2 Å². The predicted octanol–water partition coefficient (Wildman–Crippen LogP) is 5.04. The van der Waals surface area contributed by atoms with Crippen LogP contribution < -0.4 is 19.7 Å². The summed E-state index contributed by atoms with van der Waals surface area (Å²) in [6, 6.07) is 16.2. The molecule has 0 saturated carbocycles. The summed E-state index contributed by atoms with van der Waals surface area (Å²) in [5, 5.41) is 16.2. The third-order valence-electron chi connectivity index (χ3n) is 7.59. The number of carbonyl (C=O) groups excluding carboxylic acids is 2. The molecule has 3 N–H and O–H groups in total. The van der Waals surface area contributed by atoms with E-state index in [9.17, 15) is 27.5 Å². The Hall–Kier alpha value is -4.52. The molecule has 10 nitrogen and oxygen atoms in total. The number of hydrogen-bond acceptors (Lipinski definition) is 7. The van der Waals surface area contributed by atoms with E-state index < -0.39 is 51.2 Å². The number of methoxy groups -OCH3 is 1. The Morgan fingerprint density at radius 1 is 1.00 bits per heavy atom. The first-order valence-corrected chi connectivity index (χ1v) is 16.9. The largest absolute Gasteiger partial charge is 0.491 e. The lowest BCUT2D eigenvalue weighted by Gasteiger charge is -2.27. The first kappa shape index (κ1) is 37.9. The van der Waals surface area contributed by atoms with E-state index in [0.717, 1.165) is 9.87 Å². The highest BCUT2D eigenvalue weighted by molar-refractivity contribution is 7.93. The van der Waals surface area contributed by atoms with Gasteiger partial charge in [-0.25, -0.2) is 12.8 Å². The van der Waals surface area contributed by atoms with Crippen molar-refractivity contribution in [3.8, 4) is 5.75 Å². The van der Waals surface area contributed by atoms with Crippen molar-refractivity contribution in [1.29, 1.82) is 0 Å². The van der Waals surface area contributed by atoms with Gasteiger partial charge in [0.1, 0.15) is 24.3 Å². The fourth-order valence-corrected chi connectivity index (χ4v) is 5.83. The molecule has 0 unspecified atom stereocenters. The molecule has 12 heteroatoms. The van der Waals surface area contributed by atoms with Crippen molar-refractivity contribution in [3.05, 3.63) is 115 Å². The van der Waals surface area contributed by atoms with Crippen molar-refractivity contribution in [3.63, 3.8) is 0 Å². The van der Waals surface area contributed by atoms with Gasteiger partial charge in [-0.3, -0.25) is 13.9 Å². The molecule has 0 aliphatic heterocycles. The Bertz CT molecular complexity index is 1680. The number of amides is 2. The number of nitrogens with one attached hydrogen (secondary N) is 2. The summed E-state index contributed by atoms with van der Waals surface area (Å²) in [5.74, 6) is -1.15. The molecule has 0 aliphatic rings. The molecular formula is C36H44FN3O7S. The molecular weight excluding hydrogens is 637 g/mol. The van der Waals surface area contributed by atoms with Crippen molar-refractivity contribution in [2.24, 2.45) is 0 Å². The number of halogens is 1. The van der Waals surface area contributed by atoms with Crippen molar-refractivity contribution in [1.82, 2.24) is 5.32 Å². The zero-order valence-electron chi connectivity index (χ0n) is 27.7. The van der Waals surface area contributed by atoms with Crippen LogP contribution in [0.25, 0.3) is 0 Å². The predicted molar refractivity (Wildman–Crippen MR) is 186 cm³/mol. The van der Waals surface area contributed by atoms with Crippen LogP contribution in [-0.2, 0) is 32.4 Å². The van der Waals surface area contributed by atoms with Gasteiger partial charge in [0, 0.05) is 31.8 Å². The highest BCUT2D eigenvalue weighted by Gasteiger charge is 2.30. The molecule has 0 saturated heterocycles. The van der Waals surface area contributed by atoms with Gasteiger partial charge in [0.25, 0.3) is 11.8 Å². The van der Waals surface area contributed by atoms with Crippen LogP contribution in [0.3, 0.4) is 0 Å². The van der Waals surface area contributed by atoms with Crippen molar-refractivity contribution < 1.29 is 37.0 Å². The molecule has 0 bridgehead atoms. The Morgan fingerprint density at radius 3 is 2.29 bits per heavy atom. The highest BCUT2D eigenvalue weighted by Crippen LogP contribution is 2.24. The minimum absolute atomic E-state index is 0.151. The molecule has 48 heavy (non-hydrogen) atoms. The maximum absolute atomic E-state index is 13.8. The molecule has 0 fully saturated rings. The Kier molecular flexibility index (Phi) is 13.9. The van der Waals surface area contributed by atoms with E-state index in [2.05, 4.69) is 23.8 Å². The lowest BCUT2D eigenvalue weighted by atomic mass is 10.0. The van der Waals surface area contributed by atoms with Crippen LogP contribution in [0.4, 0.5) is 15.8 Å². The normalized spacial score (nSPS) is 13.2. The van der Waals surface area contributed by atoms with Gasteiger partial charge < -0.3 is 25.2 Å². The number of sulfonamides is 1. The topological polar surface area (TPSA) is 134 Å². The van der Waals surface area contributed by atoms with E-state index in [1.165, 1.54) is 44.5 Å². The molecule has 0 aromatic heterocycles. The summed E-state index contributed by atoms with van der Waals surface area (Å²) in [5.41, 5.74) is 2.38. The molecule has 258 valence electrons. The van der Waals surface area contributed by atoms with Gasteiger partial charge in [-0.2, -0.15) is 0 Å². The van der Waals surface area contributed by atoms with Gasteiger partial charge in [0.05, 0.1) is 23.1 Å². The minimum atomic E-state index is -3.70. The number of rotatable bonds is 18. The van der Waals surface area contributed by atoms with E-state index >= 15 is 0 Å². The summed E-state index contributed by atoms with van der Waals surface area (Å²) in [7, 11) is -0.964. The summed E-state index contributed by atoms with van der Waals surface area (Å²) in [6.45, 7) is 10.5. The first-order chi connectivity index (χ1) is 22.8. The zero-order valence-corrected chi connectivity index (χ0v) is 28.5. The van der Waals surface area contributed by atoms with Crippen LogP contribution in [0.2, 0.25) is 0 Å². The molecule has 2 amide bonds. The van der Waals surface area contributed by atoms with Gasteiger partial charge in [0.2, 0.25) is 10.0 Å². The molecule has 0 radical (unpaired) electrons. The number of hydrogen-bond donors (Lipinski definition) is 3. The lowest BCUT2D eigenvalue weighted by Crippen LogP contribution is -2.49. The molecule has 0 aliphatic carbocycles. The minimum Gasteiger partial charge on any atom is -0.491 e. The second-order valence-electron chi connectivity index (χ2n) is 11.5. The SMILES string of the molecule is C=CCc1cccc(OC[C@H](NC(=O)c2cc(CC=C)cc(N(C)S(=O)(=O)C(C)C)c2)[C@@H](O)C[C@@H](OC)C(=O)Nc2ccc(F)cc2)c1. The number of nitrogens with zero attached hydrogens (tertiary/aromatic N) is 1. The van der Waals surface area contributed by atoms with Gasteiger partial charge in [0.15, 0.2) is 0 Å². The second kappa shape index (κ2) is 17.6. The van der Waals surface area contributed by atoms with E-state index in [4.69, 9.17) is 9.47 Å². The van der Waals surface area contributed by atoms with Gasteiger partial charge in [-0.15, -0.1) is 13.2 Å². The number of aliphatic hydroxyl groups excluding tert-OH is 1. The number of anilines is 2. The fraction of sp³-hybridized carbons (Fsp3) is 0.333. The maximum atomic E-state index is 13.8. The summed E-state index contributed by atoms with van der Waals surface area (Å²) in [6.07, 6.45) is 1.67. The number of benzene rings is 3. The first-order valence-electron chi connectivity index (χ1n) is 15.4. The molecule has 3 atom stereocenters. The van der Waals surface area contributed by atoms with Crippen LogP contribution in [0.5, 0.6) is 5.75 Å². The number of carbonyl (C=O) groups is 2. The van der Waals surface area contributed by atoms with Crippen molar-refractivity contribution >= 4 is 33.2 Å². The Labute approximate surface area is 282 Å². The average molecular weight is 682 g/mol. The summed E-state index contributed by atoms with van der Waals surface area (Å²) in [4.78, 5) is 26.8. The van der Waals surface area contributed by atoms with Crippen LogP contribution >= 0.6 is 0 Å². The van der Waals surface area contributed by atoms with Gasteiger partial charge in [-0.05, 0) is 92.4 Å². The summed E-state index contributed by atoms with van der Waals surface area (Å²) >= 11 is 0. The Morgan fingerprint density at radius 2 is 1.67 bits per heavy atom. The van der Waals surface area contributed by atoms with Crippen molar-refractivity contribution in [2.45, 2.75) is 56.6 Å². The molecule has 0 spiro atoms. The highest BCUT2D eigenvalue weighted by atomic mass is 32.2. The quantitative estimate of drug-likeness (QED) is 0.160. The molecule has 3 rings (SSSR count). The third kappa shape index (κ3) is 10.5. The summed E-state index contributed by atoms with van der Waals surface area (Å²) < 4.78 is 51.7. The van der Waals surface area contributed by atoms with Crippen LogP contribution in [0.15, 0.2) is 92.0 Å².